The Bertz CT molecular complexity index is 895. The molecule has 22 heavy (non-hydrogen) atoms. The van der Waals surface area contributed by atoms with Crippen molar-refractivity contribution in [2.24, 2.45) is 0 Å². The molecule has 0 amide bonds. The first-order valence-corrected chi connectivity index (χ1v) is 7.47. The minimum Gasteiger partial charge on any atom is -0.494 e. The molecule has 3 nitrogen and oxygen atoms in total. The molecule has 0 saturated heterocycles. The second-order valence-corrected chi connectivity index (χ2v) is 6.14. The highest BCUT2D eigenvalue weighted by molar-refractivity contribution is 9.10. The number of aromatic hydroxyl groups is 1. The van der Waals surface area contributed by atoms with Gasteiger partial charge in [0, 0.05) is 15.6 Å². The van der Waals surface area contributed by atoms with Crippen LogP contribution in [0.5, 0.6) is 5.88 Å². The van der Waals surface area contributed by atoms with Crippen molar-refractivity contribution in [2.45, 2.75) is 6.92 Å². The first-order valence-electron chi connectivity index (χ1n) is 6.29. The van der Waals surface area contributed by atoms with Gasteiger partial charge in [-0.15, -0.1) is 0 Å². The molecule has 3 rings (SSSR count). The van der Waals surface area contributed by atoms with E-state index in [0.717, 1.165) is 10.5 Å². The maximum atomic E-state index is 14.2. The van der Waals surface area contributed by atoms with E-state index in [0.29, 0.717) is 21.8 Å². The summed E-state index contributed by atoms with van der Waals surface area (Å²) in [6, 6.07) is 6.01. The first kappa shape index (κ1) is 15.1. The number of aromatic nitrogens is 1. The van der Waals surface area contributed by atoms with Gasteiger partial charge in [0.05, 0.1) is 21.8 Å². The van der Waals surface area contributed by atoms with E-state index < -0.39 is 11.6 Å². The highest BCUT2D eigenvalue weighted by Crippen LogP contribution is 2.39. The molecule has 0 saturated carbocycles. The zero-order valence-electron chi connectivity index (χ0n) is 11.3. The fourth-order valence-corrected chi connectivity index (χ4v) is 3.04. The molecular formula is C15H10BrClF2N2O. The number of halogens is 4. The Morgan fingerprint density at radius 3 is 2.68 bits per heavy atom. The van der Waals surface area contributed by atoms with E-state index in [1.54, 1.807) is 25.1 Å². The maximum Gasteiger partial charge on any atom is 0.198 e. The third kappa shape index (κ3) is 2.42. The first-order chi connectivity index (χ1) is 10.4. The quantitative estimate of drug-likeness (QED) is 0.534. The van der Waals surface area contributed by atoms with Crippen LogP contribution < -0.4 is 5.32 Å². The summed E-state index contributed by atoms with van der Waals surface area (Å²) in [5.41, 5.74) is 0.770. The Morgan fingerprint density at radius 1 is 1.27 bits per heavy atom. The highest BCUT2D eigenvalue weighted by atomic mass is 79.9. The summed E-state index contributed by atoms with van der Waals surface area (Å²) < 4.78 is 28.8. The van der Waals surface area contributed by atoms with Gasteiger partial charge in [0.25, 0.3) is 0 Å². The van der Waals surface area contributed by atoms with Gasteiger partial charge in [-0.25, -0.2) is 8.78 Å². The summed E-state index contributed by atoms with van der Waals surface area (Å²) in [5.74, 6) is -2.33. The van der Waals surface area contributed by atoms with Crippen molar-refractivity contribution >= 4 is 49.7 Å². The second-order valence-electron chi connectivity index (χ2n) is 4.82. The summed E-state index contributed by atoms with van der Waals surface area (Å²) >= 11 is 9.36. The molecule has 114 valence electrons. The second kappa shape index (κ2) is 5.44. The summed E-state index contributed by atoms with van der Waals surface area (Å²) in [5, 5.41) is 13.6. The van der Waals surface area contributed by atoms with Crippen LogP contribution in [-0.2, 0) is 0 Å². The van der Waals surface area contributed by atoms with Gasteiger partial charge in [-0.2, -0.15) is 0 Å². The monoisotopic (exact) mass is 386 g/mol. The van der Waals surface area contributed by atoms with E-state index >= 15 is 0 Å². The lowest BCUT2D eigenvalue weighted by molar-refractivity contribution is 0.461. The third-order valence-electron chi connectivity index (χ3n) is 3.36. The largest absolute Gasteiger partial charge is 0.494 e. The maximum absolute atomic E-state index is 14.2. The molecule has 0 aliphatic carbocycles. The van der Waals surface area contributed by atoms with Crippen LogP contribution in [-0.4, -0.2) is 10.1 Å². The average molecular weight is 388 g/mol. The molecule has 0 atom stereocenters. The van der Waals surface area contributed by atoms with Crippen LogP contribution in [0.15, 0.2) is 28.7 Å². The number of aryl methyl sites for hydroxylation is 1. The minimum atomic E-state index is -1.08. The summed E-state index contributed by atoms with van der Waals surface area (Å²) in [6.07, 6.45) is 0. The highest BCUT2D eigenvalue weighted by Gasteiger charge is 2.20. The van der Waals surface area contributed by atoms with Crippen LogP contribution >= 0.6 is 27.5 Å². The molecule has 0 bridgehead atoms. The number of benzene rings is 2. The Morgan fingerprint density at radius 2 is 2.00 bits per heavy atom. The van der Waals surface area contributed by atoms with Crippen LogP contribution in [0, 0.1) is 18.6 Å². The van der Waals surface area contributed by atoms with Gasteiger partial charge in [-0.3, -0.25) is 0 Å². The molecule has 1 heterocycles. The normalized spacial score (nSPS) is 11.1. The van der Waals surface area contributed by atoms with Gasteiger partial charge >= 0.3 is 0 Å². The molecule has 0 fully saturated rings. The number of rotatable bonds is 2. The van der Waals surface area contributed by atoms with Crippen LogP contribution in [0.4, 0.5) is 20.2 Å². The molecule has 0 spiro atoms. The SMILES string of the molecule is Cc1[nH]c(O)c2c(Nc3ccc(Br)cc3Cl)c(F)c(F)cc12. The van der Waals surface area contributed by atoms with E-state index in [1.165, 1.54) is 0 Å². The van der Waals surface area contributed by atoms with Crippen LogP contribution in [0.1, 0.15) is 5.69 Å². The van der Waals surface area contributed by atoms with Gasteiger partial charge in [0.15, 0.2) is 17.5 Å². The predicted octanol–water partition coefficient (Wildman–Crippen LogP) is 5.62. The van der Waals surface area contributed by atoms with Gasteiger partial charge in [0.2, 0.25) is 0 Å². The van der Waals surface area contributed by atoms with Crippen molar-refractivity contribution in [3.8, 4) is 5.88 Å². The average Bonchev–Trinajstić information content (AvgIpc) is 2.72. The molecule has 0 radical (unpaired) electrons. The molecule has 0 aliphatic heterocycles. The minimum absolute atomic E-state index is 0.166. The molecule has 0 unspecified atom stereocenters. The lowest BCUT2D eigenvalue weighted by atomic mass is 10.1. The van der Waals surface area contributed by atoms with Crippen LogP contribution in [0.3, 0.4) is 0 Å². The number of H-pyrrole nitrogens is 1. The number of anilines is 2. The number of fused-ring (bicyclic) bond motifs is 1. The molecule has 0 aliphatic rings. The molecule has 3 N–H and O–H groups in total. The Kier molecular flexibility index (Phi) is 3.74. The van der Waals surface area contributed by atoms with Crippen molar-refractivity contribution in [1.29, 1.82) is 0 Å². The fraction of sp³-hybridized carbons (Fsp3) is 0.0667. The van der Waals surface area contributed by atoms with Gasteiger partial charge in [-0.1, -0.05) is 27.5 Å². The van der Waals surface area contributed by atoms with Crippen molar-refractivity contribution in [1.82, 2.24) is 4.98 Å². The molecular weight excluding hydrogens is 378 g/mol. The summed E-state index contributed by atoms with van der Waals surface area (Å²) in [7, 11) is 0. The van der Waals surface area contributed by atoms with E-state index in [4.69, 9.17) is 11.6 Å². The molecule has 1 aromatic heterocycles. The van der Waals surface area contributed by atoms with Crippen molar-refractivity contribution < 1.29 is 13.9 Å². The van der Waals surface area contributed by atoms with E-state index in [-0.39, 0.29) is 17.0 Å². The predicted molar refractivity (Wildman–Crippen MR) is 87.1 cm³/mol. The van der Waals surface area contributed by atoms with Crippen LogP contribution in [0.25, 0.3) is 10.8 Å². The van der Waals surface area contributed by atoms with Gasteiger partial charge in [-0.05, 0) is 31.2 Å². The zero-order chi connectivity index (χ0) is 16.0. The number of aromatic amines is 1. The lowest BCUT2D eigenvalue weighted by Crippen LogP contribution is -1.98. The Balaban J connectivity index is 2.23. The van der Waals surface area contributed by atoms with Gasteiger partial charge in [0.1, 0.15) is 0 Å². The number of hydrogen-bond acceptors (Lipinski definition) is 2. The van der Waals surface area contributed by atoms with E-state index in [2.05, 4.69) is 26.2 Å². The van der Waals surface area contributed by atoms with E-state index in [1.807, 2.05) is 0 Å². The fourth-order valence-electron chi connectivity index (χ4n) is 2.32. The van der Waals surface area contributed by atoms with Crippen molar-refractivity contribution in [3.05, 3.63) is 51.1 Å². The smallest absolute Gasteiger partial charge is 0.198 e. The molecule has 7 heteroatoms. The molecule has 2 aromatic carbocycles. The lowest BCUT2D eigenvalue weighted by Gasteiger charge is -2.12. The Labute approximate surface area is 138 Å². The summed E-state index contributed by atoms with van der Waals surface area (Å²) in [6.45, 7) is 1.66. The van der Waals surface area contributed by atoms with Crippen molar-refractivity contribution in [3.63, 3.8) is 0 Å². The summed E-state index contributed by atoms with van der Waals surface area (Å²) in [4.78, 5) is 2.66. The third-order valence-corrected chi connectivity index (χ3v) is 4.16. The topological polar surface area (TPSA) is 48.0 Å². The van der Waals surface area contributed by atoms with Crippen molar-refractivity contribution in [2.75, 3.05) is 5.32 Å². The van der Waals surface area contributed by atoms with Gasteiger partial charge < -0.3 is 15.4 Å². The van der Waals surface area contributed by atoms with Crippen LogP contribution in [0.2, 0.25) is 5.02 Å². The number of hydrogen-bond donors (Lipinski definition) is 3. The van der Waals surface area contributed by atoms with E-state index in [9.17, 15) is 13.9 Å². The molecule has 3 aromatic rings. The number of nitrogens with one attached hydrogen (secondary N) is 2. The Hall–Kier alpha value is -1.79. The zero-order valence-corrected chi connectivity index (χ0v) is 13.6. The standard InChI is InChI=1S/C15H10BrClF2N2O/c1-6-8-5-10(18)13(19)14(12(8)15(22)20-6)21-11-3-2-7(16)4-9(11)17/h2-5,20-22H,1H3.